The van der Waals surface area contributed by atoms with Crippen molar-refractivity contribution >= 4 is 29.4 Å². The lowest BCUT2D eigenvalue weighted by Gasteiger charge is -2.24. The van der Waals surface area contributed by atoms with Crippen LogP contribution in [0.5, 0.6) is 11.5 Å². The van der Waals surface area contributed by atoms with E-state index in [2.05, 4.69) is 4.99 Å². The Labute approximate surface area is 239 Å². The molecule has 0 saturated carbocycles. The number of carbonyl (C=O) groups is 2. The van der Waals surface area contributed by atoms with E-state index in [1.807, 2.05) is 36.4 Å². The van der Waals surface area contributed by atoms with E-state index in [4.69, 9.17) is 19.2 Å². The fraction of sp³-hybridized carbons (Fsp3) is 0.194. The molecule has 1 aliphatic rings. The normalized spacial score (nSPS) is 14.7. The number of nitrogens with zero attached hydrogens (tertiary/aromatic N) is 3. The maximum atomic E-state index is 13.9. The summed E-state index contributed by atoms with van der Waals surface area (Å²) in [5, 5.41) is 0. The first-order valence-corrected chi connectivity index (χ1v) is 13.7. The van der Waals surface area contributed by atoms with E-state index in [-0.39, 0.29) is 17.7 Å². The predicted molar refractivity (Wildman–Crippen MR) is 154 cm³/mol. The maximum absolute atomic E-state index is 13.9. The Morgan fingerprint density at radius 1 is 1.02 bits per heavy atom. The van der Waals surface area contributed by atoms with E-state index < -0.39 is 18.0 Å². The van der Waals surface area contributed by atoms with E-state index >= 15 is 0 Å². The molecule has 0 aliphatic carbocycles. The van der Waals surface area contributed by atoms with Gasteiger partial charge in [0.1, 0.15) is 17.5 Å². The Kier molecular flexibility index (Phi) is 7.93. The second-order valence-electron chi connectivity index (χ2n) is 9.14. The maximum Gasteiger partial charge on any atom is 0.338 e. The minimum absolute atomic E-state index is 0.176. The summed E-state index contributed by atoms with van der Waals surface area (Å²) in [5.41, 5.74) is 3.19. The summed E-state index contributed by atoms with van der Waals surface area (Å²) in [5.74, 6) is 0.170. The molecular formula is C31H27N3O6S. The molecule has 1 unspecified atom stereocenters. The number of thiazole rings is 1. The van der Waals surface area contributed by atoms with Gasteiger partial charge in [-0.05, 0) is 74.0 Å². The van der Waals surface area contributed by atoms with Gasteiger partial charge in [-0.3, -0.25) is 19.1 Å². The van der Waals surface area contributed by atoms with Crippen LogP contribution in [-0.2, 0) is 14.3 Å². The lowest BCUT2D eigenvalue weighted by molar-refractivity contribution is -0.139. The molecule has 0 bridgehead atoms. The summed E-state index contributed by atoms with van der Waals surface area (Å²) in [7, 11) is 1.60. The number of hydrogen-bond donors (Lipinski definition) is 0. The molecule has 10 heteroatoms. The summed E-state index contributed by atoms with van der Waals surface area (Å²) < 4.78 is 17.7. The molecule has 1 atom stereocenters. The number of hydrogen-bond acceptors (Lipinski definition) is 9. The van der Waals surface area contributed by atoms with Gasteiger partial charge >= 0.3 is 11.9 Å². The van der Waals surface area contributed by atoms with Crippen LogP contribution in [0.2, 0.25) is 0 Å². The average molecular weight is 570 g/mol. The monoisotopic (exact) mass is 569 g/mol. The zero-order valence-electron chi connectivity index (χ0n) is 22.9. The van der Waals surface area contributed by atoms with Gasteiger partial charge in [-0.1, -0.05) is 29.5 Å². The van der Waals surface area contributed by atoms with Crippen LogP contribution < -0.4 is 24.4 Å². The average Bonchev–Trinajstić information content (AvgIpc) is 3.27. The van der Waals surface area contributed by atoms with Gasteiger partial charge in [0.2, 0.25) is 0 Å². The van der Waals surface area contributed by atoms with Crippen molar-refractivity contribution in [3.63, 3.8) is 0 Å². The van der Waals surface area contributed by atoms with Gasteiger partial charge in [-0.2, -0.15) is 0 Å². The molecule has 2 aromatic heterocycles. The molecule has 41 heavy (non-hydrogen) atoms. The highest BCUT2D eigenvalue weighted by atomic mass is 32.1. The molecule has 208 valence electrons. The summed E-state index contributed by atoms with van der Waals surface area (Å²) in [4.78, 5) is 48.3. The minimum Gasteiger partial charge on any atom is -0.497 e. The highest BCUT2D eigenvalue weighted by Crippen LogP contribution is 2.31. The van der Waals surface area contributed by atoms with Crippen molar-refractivity contribution in [3.8, 4) is 22.8 Å². The largest absolute Gasteiger partial charge is 0.497 e. The number of carbonyl (C=O) groups excluding carboxylic acids is 2. The summed E-state index contributed by atoms with van der Waals surface area (Å²) in [6.45, 7) is 4.97. The Bertz CT molecular complexity index is 1840. The third kappa shape index (κ3) is 5.73. The minimum atomic E-state index is -0.836. The fourth-order valence-corrected chi connectivity index (χ4v) is 5.59. The third-order valence-corrected chi connectivity index (χ3v) is 7.38. The molecule has 3 heterocycles. The zero-order valence-corrected chi connectivity index (χ0v) is 23.7. The van der Waals surface area contributed by atoms with E-state index in [0.29, 0.717) is 32.2 Å². The smallest absolute Gasteiger partial charge is 0.338 e. The van der Waals surface area contributed by atoms with Crippen LogP contribution in [0.3, 0.4) is 0 Å². The molecule has 5 rings (SSSR count). The number of fused-ring (bicyclic) bond motifs is 1. The van der Waals surface area contributed by atoms with E-state index in [9.17, 15) is 14.4 Å². The zero-order chi connectivity index (χ0) is 29.1. The lowest BCUT2D eigenvalue weighted by atomic mass is 9.99. The topological polar surface area (TPSA) is 109 Å². The van der Waals surface area contributed by atoms with Crippen LogP contribution >= 0.6 is 11.3 Å². The number of ether oxygens (including phenoxy) is 3. The van der Waals surface area contributed by atoms with Crippen LogP contribution in [0.25, 0.3) is 17.3 Å². The van der Waals surface area contributed by atoms with E-state index in [0.717, 1.165) is 16.9 Å². The second-order valence-corrected chi connectivity index (χ2v) is 10.2. The highest BCUT2D eigenvalue weighted by Gasteiger charge is 2.34. The van der Waals surface area contributed by atoms with Crippen LogP contribution in [0.1, 0.15) is 38.1 Å². The standard InChI is InChI=1S/C31H27N3O6S/c1-5-39-30(37)27-18(2)32-31-34(29(36)26(41-31)17-20-9-13-23(14-10-20)40-19(3)35)28(27)25-8-6-7-24(33-25)21-11-15-22(38-4)16-12-21/h6-17,28H,5H2,1-4H3/b26-17-. The molecular weight excluding hydrogens is 542 g/mol. The SMILES string of the molecule is CCOC(=O)C1=C(C)N=c2s/c(=C\c3ccc(OC(C)=O)cc3)c(=O)n2C1c1cccc(-c2ccc(OC)cc2)n1. The first-order chi connectivity index (χ1) is 19.8. The van der Waals surface area contributed by atoms with Crippen molar-refractivity contribution in [3.05, 3.63) is 109 Å². The lowest BCUT2D eigenvalue weighted by Crippen LogP contribution is -2.40. The first kappa shape index (κ1) is 27.7. The molecule has 0 N–H and O–H groups in total. The molecule has 2 aromatic carbocycles. The van der Waals surface area contributed by atoms with Gasteiger partial charge < -0.3 is 14.2 Å². The van der Waals surface area contributed by atoms with Gasteiger partial charge in [-0.25, -0.2) is 9.79 Å². The van der Waals surface area contributed by atoms with Gasteiger partial charge in [0.15, 0.2) is 4.80 Å². The van der Waals surface area contributed by atoms with Gasteiger partial charge in [0.05, 0.1) is 40.9 Å². The highest BCUT2D eigenvalue weighted by molar-refractivity contribution is 7.07. The number of esters is 2. The molecule has 0 spiro atoms. The summed E-state index contributed by atoms with van der Waals surface area (Å²) in [6.07, 6.45) is 1.74. The van der Waals surface area contributed by atoms with Crippen LogP contribution in [-0.4, -0.2) is 35.2 Å². The summed E-state index contributed by atoms with van der Waals surface area (Å²) in [6, 6.07) is 19.0. The predicted octanol–water partition coefficient (Wildman–Crippen LogP) is 3.79. The first-order valence-electron chi connectivity index (χ1n) is 12.9. The Hall–Kier alpha value is -4.83. The quantitative estimate of drug-likeness (QED) is 0.246. The van der Waals surface area contributed by atoms with Crippen molar-refractivity contribution < 1.29 is 23.8 Å². The Morgan fingerprint density at radius 3 is 2.39 bits per heavy atom. The van der Waals surface area contributed by atoms with Crippen molar-refractivity contribution in [1.82, 2.24) is 9.55 Å². The number of methoxy groups -OCH3 is 1. The van der Waals surface area contributed by atoms with Crippen molar-refractivity contribution in [2.75, 3.05) is 13.7 Å². The molecule has 4 aromatic rings. The number of aromatic nitrogens is 2. The van der Waals surface area contributed by atoms with Gasteiger partial charge in [0, 0.05) is 12.5 Å². The molecule has 0 radical (unpaired) electrons. The number of pyridine rings is 1. The van der Waals surface area contributed by atoms with Crippen molar-refractivity contribution in [2.45, 2.75) is 26.8 Å². The van der Waals surface area contributed by atoms with Gasteiger partial charge in [0.25, 0.3) is 5.56 Å². The molecule has 0 amide bonds. The van der Waals surface area contributed by atoms with Crippen molar-refractivity contribution in [2.24, 2.45) is 4.99 Å². The number of allylic oxidation sites excluding steroid dienone is 1. The van der Waals surface area contributed by atoms with Crippen molar-refractivity contribution in [1.29, 1.82) is 0 Å². The number of benzene rings is 2. The van der Waals surface area contributed by atoms with E-state index in [1.54, 1.807) is 57.4 Å². The fourth-order valence-electron chi connectivity index (χ4n) is 4.55. The van der Waals surface area contributed by atoms with Gasteiger partial charge in [-0.15, -0.1) is 0 Å². The van der Waals surface area contributed by atoms with Crippen LogP contribution in [0.15, 0.2) is 87.8 Å². The van der Waals surface area contributed by atoms with E-state index in [1.165, 1.54) is 22.8 Å². The molecule has 0 saturated heterocycles. The van der Waals surface area contributed by atoms with Crippen LogP contribution in [0.4, 0.5) is 0 Å². The van der Waals surface area contributed by atoms with Crippen LogP contribution in [0, 0.1) is 0 Å². The Balaban J connectivity index is 1.64. The second kappa shape index (κ2) is 11.7. The Morgan fingerprint density at radius 2 is 1.73 bits per heavy atom. The third-order valence-electron chi connectivity index (χ3n) is 6.39. The summed E-state index contributed by atoms with van der Waals surface area (Å²) >= 11 is 1.22. The molecule has 1 aliphatic heterocycles. The number of rotatable bonds is 7. The molecule has 0 fully saturated rings. The molecule has 9 nitrogen and oxygen atoms in total.